The molecule has 0 spiro atoms. The molecule has 5 aromatic rings. The zero-order valence-electron chi connectivity index (χ0n) is 42.7. The van der Waals surface area contributed by atoms with Crippen LogP contribution in [0, 0.1) is 24.0 Å². The summed E-state index contributed by atoms with van der Waals surface area (Å²) in [6.45, 7) is 7.96. The zero-order valence-corrected chi connectivity index (χ0v) is 42.7. The average Bonchev–Trinajstić information content (AvgIpc) is 3.78. The van der Waals surface area contributed by atoms with E-state index in [2.05, 4.69) is 9.97 Å². The number of alkyl halides is 5. The van der Waals surface area contributed by atoms with Gasteiger partial charge in [-0.25, -0.2) is 27.3 Å². The van der Waals surface area contributed by atoms with Gasteiger partial charge in [-0.05, 0) is 102 Å². The normalized spacial score (nSPS) is 21.8. The van der Waals surface area contributed by atoms with Crippen molar-refractivity contribution in [3.8, 4) is 34.6 Å². The maximum absolute atomic E-state index is 18.1. The third-order valence-electron chi connectivity index (χ3n) is 14.4. The Hall–Kier alpha value is -6.35. The van der Waals surface area contributed by atoms with Gasteiger partial charge in [-0.1, -0.05) is 24.3 Å². The fourth-order valence-corrected chi connectivity index (χ4v) is 10.7. The van der Waals surface area contributed by atoms with Crippen LogP contribution in [0.1, 0.15) is 69.2 Å². The quantitative estimate of drug-likeness (QED) is 0.0872. The lowest BCUT2D eigenvalue weighted by atomic mass is 9.95. The molecule has 74 heavy (non-hydrogen) atoms. The molecule has 2 bridgehead atoms. The number of halogens is 7. The number of ether oxygens (including phenoxy) is 6. The maximum Gasteiger partial charge on any atom is 0.417 e. The Morgan fingerprint density at radius 1 is 0.905 bits per heavy atom. The van der Waals surface area contributed by atoms with Gasteiger partial charge >= 0.3 is 18.3 Å². The molecule has 4 aliphatic rings. The van der Waals surface area contributed by atoms with E-state index in [0.29, 0.717) is 42.0 Å². The monoisotopic (exact) mass is 1040 g/mol. The minimum Gasteiger partial charge on any atom is -0.497 e. The van der Waals surface area contributed by atoms with Crippen LogP contribution >= 0.6 is 0 Å². The molecule has 1 amide bonds. The molecule has 3 fully saturated rings. The highest BCUT2D eigenvalue weighted by Crippen LogP contribution is 2.61. The van der Waals surface area contributed by atoms with Crippen molar-refractivity contribution >= 4 is 28.5 Å². The van der Waals surface area contributed by atoms with Gasteiger partial charge in [0.2, 0.25) is 5.88 Å². The first-order chi connectivity index (χ1) is 35.0. The standard InChI is InChI=1S/C53H60F7N7O7/c1-29-40(53(58,59)60)36(22-38(41(29)54)65(23-31-10-15-34(70-8)16-11-31)24-32-12-17-35(71-9)18-13-32)43-42(55)44-39-46(63-48(62-44)72-28-51(26-52(51,56)57)27-64(6)20-21-69-7)66-25-33-14-19-37(45(66)30(2)73-47(39)61-43)67(33)49(68)74-50(3,4)5/h10-13,15-18,22,30,33,37,45H,14,19-21,23-28H2,1-9H3/t30-,33+,37-,45+,51?/m0/s1. The number of pyridine rings is 1. The number of fused-ring (bicyclic) bond motifs is 5. The molecule has 1 saturated carbocycles. The van der Waals surface area contributed by atoms with E-state index in [0.717, 1.165) is 13.0 Å². The number of piperazine rings is 1. The SMILES string of the molecule is COCCN(C)CC1(COc2nc3c4c(nc(-c5cc(N(Cc6ccc(OC)cc6)Cc6ccc(OC)cc6)c(F)c(C)c5C(F)(F)F)c(F)c4n2)O[C@@H](C)[C@@H]2[C@@H]4CC[C@H](CN32)N4C(=O)OC(C)(C)C)CC1(F)F. The first-order valence-electron chi connectivity index (χ1n) is 24.4. The molecule has 5 heterocycles. The Bertz CT molecular complexity index is 2860. The molecule has 0 radical (unpaired) electrons. The summed E-state index contributed by atoms with van der Waals surface area (Å²) in [6, 6.07) is 12.5. The first kappa shape index (κ1) is 52.5. The van der Waals surface area contributed by atoms with Crippen molar-refractivity contribution in [1.82, 2.24) is 24.8 Å². The number of hydrogen-bond donors (Lipinski definition) is 0. The van der Waals surface area contributed by atoms with Crippen LogP contribution in [-0.4, -0.2) is 128 Å². The topological polar surface area (TPSA) is 124 Å². The molecule has 0 N–H and O–H groups in total. The number of carbonyl (C=O) groups is 1. The van der Waals surface area contributed by atoms with Gasteiger partial charge in [0, 0.05) is 51.8 Å². The van der Waals surface area contributed by atoms with Gasteiger partial charge in [0.05, 0.1) is 55.6 Å². The van der Waals surface area contributed by atoms with Crippen molar-refractivity contribution in [3.05, 3.63) is 88.5 Å². The summed E-state index contributed by atoms with van der Waals surface area (Å²) in [5.74, 6) is -4.92. The molecule has 2 aromatic heterocycles. The van der Waals surface area contributed by atoms with Crippen LogP contribution in [0.4, 0.5) is 47.0 Å². The summed E-state index contributed by atoms with van der Waals surface area (Å²) >= 11 is 0. The smallest absolute Gasteiger partial charge is 0.417 e. The Labute approximate surface area is 424 Å². The third kappa shape index (κ3) is 10.00. The number of anilines is 2. The summed E-state index contributed by atoms with van der Waals surface area (Å²) in [5.41, 5.74) is -6.09. The largest absolute Gasteiger partial charge is 0.497 e. The van der Waals surface area contributed by atoms with Gasteiger partial charge in [0.25, 0.3) is 5.92 Å². The van der Waals surface area contributed by atoms with E-state index in [1.165, 1.54) is 26.2 Å². The number of aromatic nitrogens is 3. The molecule has 2 saturated heterocycles. The zero-order chi connectivity index (χ0) is 53.2. The van der Waals surface area contributed by atoms with Gasteiger partial charge in [0.1, 0.15) is 58.0 Å². The highest BCUT2D eigenvalue weighted by atomic mass is 19.4. The number of amides is 1. The van der Waals surface area contributed by atoms with E-state index in [9.17, 15) is 4.79 Å². The molecule has 3 aliphatic heterocycles. The summed E-state index contributed by atoms with van der Waals surface area (Å²) in [6.07, 6.45) is -6.14. The van der Waals surface area contributed by atoms with Crippen molar-refractivity contribution in [3.63, 3.8) is 0 Å². The molecular formula is C53H60F7N7O7. The van der Waals surface area contributed by atoms with E-state index >= 15 is 30.7 Å². The van der Waals surface area contributed by atoms with E-state index in [-0.39, 0.29) is 55.6 Å². The molecule has 398 valence electrons. The number of methoxy groups -OCH3 is 3. The Morgan fingerprint density at radius 2 is 1.53 bits per heavy atom. The van der Waals surface area contributed by atoms with E-state index < -0.39 is 112 Å². The lowest BCUT2D eigenvalue weighted by Crippen LogP contribution is -2.65. The van der Waals surface area contributed by atoms with Gasteiger partial charge in [-0.15, -0.1) is 0 Å². The number of rotatable bonds is 16. The molecule has 21 heteroatoms. The Balaban J connectivity index is 1.22. The van der Waals surface area contributed by atoms with Crippen LogP contribution in [0.15, 0.2) is 54.6 Å². The highest BCUT2D eigenvalue weighted by Gasteiger charge is 2.72. The molecule has 3 aromatic carbocycles. The van der Waals surface area contributed by atoms with E-state index in [1.807, 2.05) is 4.90 Å². The third-order valence-corrected chi connectivity index (χ3v) is 14.4. The summed E-state index contributed by atoms with van der Waals surface area (Å²) in [4.78, 5) is 34.3. The number of nitrogens with zero attached hydrogens (tertiary/aromatic N) is 7. The maximum atomic E-state index is 18.1. The predicted octanol–water partition coefficient (Wildman–Crippen LogP) is 10.2. The first-order valence-corrected chi connectivity index (χ1v) is 24.4. The molecule has 14 nitrogen and oxygen atoms in total. The van der Waals surface area contributed by atoms with Gasteiger partial charge in [0.15, 0.2) is 5.82 Å². The van der Waals surface area contributed by atoms with E-state index in [1.54, 1.807) is 93.1 Å². The fraction of sp³-hybridized carbons (Fsp3) is 0.509. The molecule has 5 atom stereocenters. The van der Waals surface area contributed by atoms with Crippen LogP contribution in [0.5, 0.6) is 23.4 Å². The molecule has 1 unspecified atom stereocenters. The number of likely N-dealkylation sites (N-methyl/N-ethyl adjacent to an activating group) is 1. The minimum absolute atomic E-state index is 0.0175. The predicted molar refractivity (Wildman–Crippen MR) is 261 cm³/mol. The van der Waals surface area contributed by atoms with Crippen LogP contribution in [0.25, 0.3) is 22.2 Å². The molecular weight excluding hydrogens is 980 g/mol. The van der Waals surface area contributed by atoms with Crippen molar-refractivity contribution in [2.45, 2.75) is 109 Å². The lowest BCUT2D eigenvalue weighted by Gasteiger charge is -2.48. The lowest BCUT2D eigenvalue weighted by molar-refractivity contribution is -0.137. The summed E-state index contributed by atoms with van der Waals surface area (Å²) in [5, 5.41) is -0.114. The second-order valence-corrected chi connectivity index (χ2v) is 20.8. The summed E-state index contributed by atoms with van der Waals surface area (Å²) < 4.78 is 147. The molecule has 1 aliphatic carbocycles. The molecule has 9 rings (SSSR count). The Morgan fingerprint density at radius 3 is 2.08 bits per heavy atom. The van der Waals surface area contributed by atoms with Crippen molar-refractivity contribution in [2.75, 3.05) is 71.0 Å². The minimum atomic E-state index is -5.25. The van der Waals surface area contributed by atoms with Crippen LogP contribution in [-0.2, 0) is 28.7 Å². The van der Waals surface area contributed by atoms with Crippen molar-refractivity contribution in [1.29, 1.82) is 0 Å². The van der Waals surface area contributed by atoms with Gasteiger partial charge in [-0.3, -0.25) is 4.90 Å². The van der Waals surface area contributed by atoms with Crippen LogP contribution in [0.3, 0.4) is 0 Å². The number of benzene rings is 3. The van der Waals surface area contributed by atoms with Gasteiger partial charge in [-0.2, -0.15) is 23.1 Å². The van der Waals surface area contributed by atoms with Crippen LogP contribution in [0.2, 0.25) is 0 Å². The van der Waals surface area contributed by atoms with Crippen LogP contribution < -0.4 is 28.7 Å². The number of hydrogen-bond acceptors (Lipinski definition) is 13. The average molecular weight is 1040 g/mol. The Kier molecular flexibility index (Phi) is 14.0. The number of carbonyl (C=O) groups excluding carboxylic acids is 1. The fourth-order valence-electron chi connectivity index (χ4n) is 10.7. The summed E-state index contributed by atoms with van der Waals surface area (Å²) in [7, 11) is 6.17. The van der Waals surface area contributed by atoms with E-state index in [4.69, 9.17) is 33.4 Å². The highest BCUT2D eigenvalue weighted by molar-refractivity contribution is 5.98. The van der Waals surface area contributed by atoms with Crippen molar-refractivity contribution in [2.24, 2.45) is 5.41 Å². The van der Waals surface area contributed by atoms with Gasteiger partial charge < -0.3 is 43.1 Å². The second-order valence-electron chi connectivity index (χ2n) is 20.8. The van der Waals surface area contributed by atoms with Crippen molar-refractivity contribution < 1.29 is 63.9 Å². The second kappa shape index (κ2) is 19.7.